The van der Waals surface area contributed by atoms with Gasteiger partial charge < -0.3 is 10.2 Å². The molecule has 1 saturated carbocycles. The quantitative estimate of drug-likeness (QED) is 0.900. The zero-order chi connectivity index (χ0) is 18.6. The van der Waals surface area contributed by atoms with E-state index in [-0.39, 0.29) is 17.5 Å². The van der Waals surface area contributed by atoms with E-state index in [9.17, 15) is 4.79 Å². The summed E-state index contributed by atoms with van der Waals surface area (Å²) >= 11 is 0. The Hall–Kier alpha value is -1.95. The molecule has 2 fully saturated rings. The maximum absolute atomic E-state index is 13.5. The Balaban J connectivity index is 1.90. The Labute approximate surface area is 155 Å². The standard InChI is InChI=1S/C20H29N5O/c1-12-11-21-8-9-24(12)19(26)15-10-16(14-6-7-14)22-18-17(15)13(2)23-25(18)20(3,4)5/h10,12,14,21H,6-9,11H2,1-5H3/t12-/m0/s1. The first kappa shape index (κ1) is 17.5. The van der Waals surface area contributed by atoms with Crippen LogP contribution in [-0.2, 0) is 5.54 Å². The van der Waals surface area contributed by atoms with Crippen molar-refractivity contribution in [3.63, 3.8) is 0 Å². The van der Waals surface area contributed by atoms with Crippen molar-refractivity contribution in [2.45, 2.75) is 65.0 Å². The number of carbonyl (C=O) groups excluding carboxylic acids is 1. The van der Waals surface area contributed by atoms with Crippen molar-refractivity contribution in [1.29, 1.82) is 0 Å². The molecule has 2 aliphatic rings. The minimum atomic E-state index is -0.176. The molecule has 2 aromatic heterocycles. The first-order valence-corrected chi connectivity index (χ1v) is 9.70. The first-order chi connectivity index (χ1) is 12.3. The third-order valence-electron chi connectivity index (χ3n) is 5.46. The second kappa shape index (κ2) is 6.05. The van der Waals surface area contributed by atoms with Crippen LogP contribution in [0.25, 0.3) is 11.0 Å². The van der Waals surface area contributed by atoms with Gasteiger partial charge in [-0.1, -0.05) is 0 Å². The summed E-state index contributed by atoms with van der Waals surface area (Å²) in [5.74, 6) is 0.611. The number of aryl methyl sites for hydroxylation is 1. The molecule has 3 heterocycles. The van der Waals surface area contributed by atoms with Crippen LogP contribution >= 0.6 is 0 Å². The van der Waals surface area contributed by atoms with Crippen molar-refractivity contribution in [2.24, 2.45) is 0 Å². The monoisotopic (exact) mass is 355 g/mol. The molecule has 1 amide bonds. The van der Waals surface area contributed by atoms with Crippen LogP contribution in [0, 0.1) is 6.92 Å². The van der Waals surface area contributed by atoms with Crippen LogP contribution in [0.5, 0.6) is 0 Å². The molecule has 6 heteroatoms. The number of hydrogen-bond acceptors (Lipinski definition) is 4. The fourth-order valence-corrected chi connectivity index (χ4v) is 3.83. The van der Waals surface area contributed by atoms with E-state index < -0.39 is 0 Å². The van der Waals surface area contributed by atoms with E-state index in [2.05, 4.69) is 33.0 Å². The number of carbonyl (C=O) groups is 1. The van der Waals surface area contributed by atoms with Gasteiger partial charge in [-0.2, -0.15) is 5.10 Å². The van der Waals surface area contributed by atoms with Crippen LogP contribution in [0.3, 0.4) is 0 Å². The number of aromatic nitrogens is 3. The molecular weight excluding hydrogens is 326 g/mol. The molecule has 26 heavy (non-hydrogen) atoms. The van der Waals surface area contributed by atoms with Crippen molar-refractivity contribution in [1.82, 2.24) is 25.0 Å². The molecule has 1 aliphatic heterocycles. The molecule has 1 saturated heterocycles. The van der Waals surface area contributed by atoms with Gasteiger partial charge in [0.2, 0.25) is 0 Å². The molecule has 1 N–H and O–H groups in total. The number of amides is 1. The largest absolute Gasteiger partial charge is 0.333 e. The number of nitrogens with one attached hydrogen (secondary N) is 1. The summed E-state index contributed by atoms with van der Waals surface area (Å²) in [4.78, 5) is 20.4. The van der Waals surface area contributed by atoms with Crippen LogP contribution in [0.2, 0.25) is 0 Å². The molecule has 6 nitrogen and oxygen atoms in total. The van der Waals surface area contributed by atoms with E-state index >= 15 is 0 Å². The Bertz CT molecular complexity index is 859. The lowest BCUT2D eigenvalue weighted by Crippen LogP contribution is -2.52. The van der Waals surface area contributed by atoms with Gasteiger partial charge >= 0.3 is 0 Å². The van der Waals surface area contributed by atoms with Crippen LogP contribution in [0.1, 0.15) is 68.2 Å². The number of hydrogen-bond donors (Lipinski definition) is 1. The van der Waals surface area contributed by atoms with Gasteiger partial charge in [0.1, 0.15) is 0 Å². The highest BCUT2D eigenvalue weighted by Gasteiger charge is 2.32. The topological polar surface area (TPSA) is 63.1 Å². The summed E-state index contributed by atoms with van der Waals surface area (Å²) in [5, 5.41) is 9.04. The third kappa shape index (κ3) is 2.90. The Morgan fingerprint density at radius 1 is 1.31 bits per heavy atom. The Morgan fingerprint density at radius 3 is 2.65 bits per heavy atom. The minimum Gasteiger partial charge on any atom is -0.333 e. The van der Waals surface area contributed by atoms with Gasteiger partial charge in [-0.3, -0.25) is 4.79 Å². The van der Waals surface area contributed by atoms with E-state index in [0.29, 0.717) is 5.92 Å². The SMILES string of the molecule is Cc1nn(C(C)(C)C)c2nc(C3CC3)cc(C(=O)N3CCNC[C@@H]3C)c12. The number of pyridine rings is 1. The molecule has 4 rings (SSSR count). The third-order valence-corrected chi connectivity index (χ3v) is 5.46. The lowest BCUT2D eigenvalue weighted by atomic mass is 10.0. The van der Waals surface area contributed by atoms with E-state index in [1.807, 2.05) is 22.6 Å². The molecule has 0 unspecified atom stereocenters. The highest BCUT2D eigenvalue weighted by Crippen LogP contribution is 2.41. The summed E-state index contributed by atoms with van der Waals surface area (Å²) in [6.07, 6.45) is 2.33. The normalized spacial score (nSPS) is 21.4. The van der Waals surface area contributed by atoms with Gasteiger partial charge in [0, 0.05) is 37.3 Å². The fourth-order valence-electron chi connectivity index (χ4n) is 3.83. The number of piperazine rings is 1. The van der Waals surface area contributed by atoms with E-state index in [4.69, 9.17) is 10.1 Å². The van der Waals surface area contributed by atoms with Gasteiger partial charge in [-0.15, -0.1) is 0 Å². The molecule has 0 radical (unpaired) electrons. The summed E-state index contributed by atoms with van der Waals surface area (Å²) < 4.78 is 1.99. The molecule has 140 valence electrons. The average Bonchev–Trinajstić information content (AvgIpc) is 3.37. The smallest absolute Gasteiger partial charge is 0.255 e. The zero-order valence-corrected chi connectivity index (χ0v) is 16.5. The Morgan fingerprint density at radius 2 is 2.04 bits per heavy atom. The highest BCUT2D eigenvalue weighted by molar-refractivity contribution is 6.06. The maximum Gasteiger partial charge on any atom is 0.255 e. The van der Waals surface area contributed by atoms with Gasteiger partial charge in [0.05, 0.1) is 22.2 Å². The average molecular weight is 355 g/mol. The summed E-state index contributed by atoms with van der Waals surface area (Å²) in [6, 6.07) is 2.24. The fraction of sp³-hybridized carbons (Fsp3) is 0.650. The van der Waals surface area contributed by atoms with E-state index in [1.54, 1.807) is 0 Å². The number of rotatable bonds is 2. The second-order valence-electron chi connectivity index (χ2n) is 8.79. The lowest BCUT2D eigenvalue weighted by molar-refractivity contribution is 0.0657. The summed E-state index contributed by atoms with van der Waals surface area (Å²) in [6.45, 7) is 12.9. The van der Waals surface area contributed by atoms with Gasteiger partial charge in [0.25, 0.3) is 5.91 Å². The molecule has 0 spiro atoms. The molecule has 2 aromatic rings. The molecule has 1 aliphatic carbocycles. The van der Waals surface area contributed by atoms with Crippen molar-refractivity contribution >= 4 is 16.9 Å². The van der Waals surface area contributed by atoms with Crippen molar-refractivity contribution in [3.05, 3.63) is 23.0 Å². The lowest BCUT2D eigenvalue weighted by Gasteiger charge is -2.34. The highest BCUT2D eigenvalue weighted by atomic mass is 16.2. The molecule has 0 aromatic carbocycles. The van der Waals surface area contributed by atoms with Crippen molar-refractivity contribution in [2.75, 3.05) is 19.6 Å². The van der Waals surface area contributed by atoms with Crippen LogP contribution < -0.4 is 5.32 Å². The van der Waals surface area contributed by atoms with Crippen LogP contribution in [-0.4, -0.2) is 51.2 Å². The van der Waals surface area contributed by atoms with Crippen molar-refractivity contribution < 1.29 is 4.79 Å². The molecule has 0 bridgehead atoms. The molecule has 1 atom stereocenters. The Kier molecular flexibility index (Phi) is 4.06. The number of nitrogens with zero attached hydrogens (tertiary/aromatic N) is 4. The van der Waals surface area contributed by atoms with Gasteiger partial charge in [0.15, 0.2) is 5.65 Å². The predicted octanol–water partition coefficient (Wildman–Crippen LogP) is 2.81. The second-order valence-corrected chi connectivity index (χ2v) is 8.79. The summed E-state index contributed by atoms with van der Waals surface area (Å²) in [7, 11) is 0. The van der Waals surface area contributed by atoms with E-state index in [1.165, 1.54) is 12.8 Å². The van der Waals surface area contributed by atoms with Gasteiger partial charge in [-0.25, -0.2) is 9.67 Å². The maximum atomic E-state index is 13.5. The van der Waals surface area contributed by atoms with Crippen molar-refractivity contribution in [3.8, 4) is 0 Å². The predicted molar refractivity (Wildman–Crippen MR) is 103 cm³/mol. The van der Waals surface area contributed by atoms with Crippen LogP contribution in [0.15, 0.2) is 6.07 Å². The van der Waals surface area contributed by atoms with Crippen LogP contribution in [0.4, 0.5) is 0 Å². The number of fused-ring (bicyclic) bond motifs is 1. The van der Waals surface area contributed by atoms with Gasteiger partial charge in [-0.05, 0) is 53.5 Å². The summed E-state index contributed by atoms with van der Waals surface area (Å²) in [5.41, 5.74) is 3.39. The van der Waals surface area contributed by atoms with E-state index in [0.717, 1.165) is 47.6 Å². The molecular formula is C20H29N5O. The zero-order valence-electron chi connectivity index (χ0n) is 16.5. The minimum absolute atomic E-state index is 0.116. The first-order valence-electron chi connectivity index (χ1n) is 9.70.